The third-order valence-electron chi connectivity index (χ3n) is 2.77. The first kappa shape index (κ1) is 14.5. The second-order valence-electron chi connectivity index (χ2n) is 4.46. The molecule has 2 rings (SSSR count). The van der Waals surface area contributed by atoms with Gasteiger partial charge in [0, 0.05) is 24.9 Å². The van der Waals surface area contributed by atoms with Gasteiger partial charge < -0.3 is 4.74 Å². The molecule has 0 saturated carbocycles. The van der Waals surface area contributed by atoms with Crippen molar-refractivity contribution in [3.63, 3.8) is 0 Å². The normalized spacial score (nSPS) is 9.95. The van der Waals surface area contributed by atoms with E-state index in [1.165, 1.54) is 0 Å². The highest BCUT2D eigenvalue weighted by Crippen LogP contribution is 2.15. The van der Waals surface area contributed by atoms with Crippen LogP contribution in [0.5, 0.6) is 5.75 Å². The molecule has 0 spiro atoms. The van der Waals surface area contributed by atoms with Crippen LogP contribution in [-0.2, 0) is 13.7 Å². The molecule has 3 nitrogen and oxygen atoms in total. The molecule has 1 aromatic carbocycles. The number of nitrogens with zero attached hydrogens (tertiary/aromatic N) is 2. The molecule has 0 aliphatic rings. The van der Waals surface area contributed by atoms with Gasteiger partial charge in [0.25, 0.3) is 0 Å². The van der Waals surface area contributed by atoms with E-state index in [1.807, 2.05) is 49.0 Å². The number of ether oxygens (including phenoxy) is 1. The monoisotopic (exact) mass is 288 g/mol. The third-order valence-corrected chi connectivity index (χ3v) is 2.96. The molecule has 0 N–H and O–H groups in total. The summed E-state index contributed by atoms with van der Waals surface area (Å²) < 4.78 is 7.61. The Hall–Kier alpha value is -1.92. The van der Waals surface area contributed by atoms with E-state index in [0.717, 1.165) is 22.7 Å². The number of rotatable bonds is 4. The van der Waals surface area contributed by atoms with E-state index in [2.05, 4.69) is 16.9 Å². The molecular weight excluding hydrogens is 272 g/mol. The number of halogens is 1. The standard InChI is InChI=1S/C16H17ClN2O/c1-13-10-15(19(2)18-13)12-20-16-8-5-7-14(11-16)6-3-4-9-17/h5,7-8,10-11H,4,9,12H2,1-2H3. The molecule has 0 aliphatic heterocycles. The fourth-order valence-electron chi connectivity index (χ4n) is 1.83. The minimum absolute atomic E-state index is 0.496. The maximum Gasteiger partial charge on any atom is 0.130 e. The van der Waals surface area contributed by atoms with Gasteiger partial charge in [0.05, 0.1) is 11.4 Å². The second-order valence-corrected chi connectivity index (χ2v) is 4.84. The molecule has 2 aromatic rings. The topological polar surface area (TPSA) is 27.1 Å². The molecule has 0 unspecified atom stereocenters. The van der Waals surface area contributed by atoms with Gasteiger partial charge in [0.2, 0.25) is 0 Å². The third kappa shape index (κ3) is 4.04. The molecule has 1 heterocycles. The largest absolute Gasteiger partial charge is 0.487 e. The van der Waals surface area contributed by atoms with Gasteiger partial charge in [-0.05, 0) is 31.2 Å². The minimum Gasteiger partial charge on any atom is -0.487 e. The van der Waals surface area contributed by atoms with Crippen molar-refractivity contribution in [2.24, 2.45) is 7.05 Å². The van der Waals surface area contributed by atoms with Gasteiger partial charge in [0.1, 0.15) is 12.4 Å². The second kappa shape index (κ2) is 7.02. The lowest BCUT2D eigenvalue weighted by Gasteiger charge is -2.06. The number of alkyl halides is 1. The number of benzene rings is 1. The number of aryl methyl sites for hydroxylation is 2. The van der Waals surface area contributed by atoms with Crippen molar-refractivity contribution < 1.29 is 4.74 Å². The van der Waals surface area contributed by atoms with Crippen molar-refractivity contribution in [3.05, 3.63) is 47.3 Å². The maximum absolute atomic E-state index is 5.78. The summed E-state index contributed by atoms with van der Waals surface area (Å²) in [6.45, 7) is 2.46. The van der Waals surface area contributed by atoms with Gasteiger partial charge in [-0.25, -0.2) is 0 Å². The molecule has 0 bridgehead atoms. The predicted octanol–water partition coefficient (Wildman–Crippen LogP) is 3.29. The first-order chi connectivity index (χ1) is 9.69. The summed E-state index contributed by atoms with van der Waals surface area (Å²) in [6, 6.07) is 9.78. The SMILES string of the molecule is Cc1cc(COc2cccc(C#CCCCl)c2)n(C)n1. The van der Waals surface area contributed by atoms with Crippen LogP contribution >= 0.6 is 11.6 Å². The first-order valence-corrected chi connectivity index (χ1v) is 6.99. The van der Waals surface area contributed by atoms with E-state index < -0.39 is 0 Å². The van der Waals surface area contributed by atoms with Crippen LogP contribution in [0.25, 0.3) is 0 Å². The van der Waals surface area contributed by atoms with Gasteiger partial charge in [0.15, 0.2) is 0 Å². The molecular formula is C16H17ClN2O. The summed E-state index contributed by atoms with van der Waals surface area (Å²) in [5.74, 6) is 7.45. The van der Waals surface area contributed by atoms with Crippen molar-refractivity contribution in [3.8, 4) is 17.6 Å². The molecule has 0 atom stereocenters. The lowest BCUT2D eigenvalue weighted by Crippen LogP contribution is -2.03. The number of hydrogen-bond acceptors (Lipinski definition) is 2. The van der Waals surface area contributed by atoms with Crippen molar-refractivity contribution in [2.45, 2.75) is 20.0 Å². The van der Waals surface area contributed by atoms with Crippen molar-refractivity contribution >= 4 is 11.6 Å². The number of aromatic nitrogens is 2. The zero-order chi connectivity index (χ0) is 14.4. The molecule has 1 aromatic heterocycles. The van der Waals surface area contributed by atoms with Crippen LogP contribution < -0.4 is 4.74 Å². The minimum atomic E-state index is 0.496. The maximum atomic E-state index is 5.78. The molecule has 20 heavy (non-hydrogen) atoms. The fourth-order valence-corrected chi connectivity index (χ4v) is 1.93. The molecule has 0 radical (unpaired) electrons. The van der Waals surface area contributed by atoms with E-state index in [1.54, 1.807) is 0 Å². The highest BCUT2D eigenvalue weighted by Gasteiger charge is 2.03. The fraction of sp³-hybridized carbons (Fsp3) is 0.312. The van der Waals surface area contributed by atoms with Crippen molar-refractivity contribution in [1.29, 1.82) is 0 Å². The average Bonchev–Trinajstić information content (AvgIpc) is 2.76. The van der Waals surface area contributed by atoms with Crippen molar-refractivity contribution in [2.75, 3.05) is 5.88 Å². The lowest BCUT2D eigenvalue weighted by molar-refractivity contribution is 0.295. The van der Waals surface area contributed by atoms with Crippen molar-refractivity contribution in [1.82, 2.24) is 9.78 Å². The number of hydrogen-bond donors (Lipinski definition) is 0. The summed E-state index contributed by atoms with van der Waals surface area (Å²) in [5, 5.41) is 4.29. The Morgan fingerprint density at radius 3 is 2.90 bits per heavy atom. The van der Waals surface area contributed by atoms with Crippen LogP contribution in [0.4, 0.5) is 0 Å². The Kier molecular flexibility index (Phi) is 5.09. The highest BCUT2D eigenvalue weighted by molar-refractivity contribution is 6.18. The molecule has 0 amide bonds. The van der Waals surface area contributed by atoms with E-state index in [9.17, 15) is 0 Å². The van der Waals surface area contributed by atoms with Crippen LogP contribution in [0.15, 0.2) is 30.3 Å². The Morgan fingerprint density at radius 1 is 1.35 bits per heavy atom. The first-order valence-electron chi connectivity index (χ1n) is 6.46. The Balaban J connectivity index is 2.01. The lowest BCUT2D eigenvalue weighted by atomic mass is 10.2. The van der Waals surface area contributed by atoms with Crippen LogP contribution in [0.2, 0.25) is 0 Å². The summed E-state index contributed by atoms with van der Waals surface area (Å²) in [4.78, 5) is 0. The van der Waals surface area contributed by atoms with Crippen LogP contribution in [0.1, 0.15) is 23.4 Å². The molecule has 0 fully saturated rings. The zero-order valence-electron chi connectivity index (χ0n) is 11.7. The molecule has 104 valence electrons. The smallest absolute Gasteiger partial charge is 0.130 e. The Labute approximate surface area is 124 Å². The Bertz CT molecular complexity index is 637. The molecule has 0 aliphatic carbocycles. The molecule has 0 saturated heterocycles. The average molecular weight is 289 g/mol. The van der Waals surface area contributed by atoms with Gasteiger partial charge >= 0.3 is 0 Å². The summed E-state index contributed by atoms with van der Waals surface area (Å²) in [7, 11) is 1.92. The van der Waals surface area contributed by atoms with E-state index in [0.29, 0.717) is 18.9 Å². The van der Waals surface area contributed by atoms with E-state index in [4.69, 9.17) is 16.3 Å². The van der Waals surface area contributed by atoms with E-state index in [-0.39, 0.29) is 0 Å². The van der Waals surface area contributed by atoms with Crippen LogP contribution in [-0.4, -0.2) is 15.7 Å². The van der Waals surface area contributed by atoms with Gasteiger partial charge in [-0.15, -0.1) is 11.6 Å². The summed E-state index contributed by atoms with van der Waals surface area (Å²) in [5.41, 5.74) is 2.97. The van der Waals surface area contributed by atoms with Gasteiger partial charge in [-0.1, -0.05) is 17.9 Å². The van der Waals surface area contributed by atoms with Crippen LogP contribution in [0, 0.1) is 18.8 Å². The van der Waals surface area contributed by atoms with Gasteiger partial charge in [-0.3, -0.25) is 4.68 Å². The van der Waals surface area contributed by atoms with Gasteiger partial charge in [-0.2, -0.15) is 5.10 Å². The van der Waals surface area contributed by atoms with Crippen LogP contribution in [0.3, 0.4) is 0 Å². The van der Waals surface area contributed by atoms with E-state index >= 15 is 0 Å². The summed E-state index contributed by atoms with van der Waals surface area (Å²) >= 11 is 5.60. The predicted molar refractivity (Wildman–Crippen MR) is 80.9 cm³/mol. The quantitative estimate of drug-likeness (QED) is 0.638. The summed E-state index contributed by atoms with van der Waals surface area (Å²) in [6.07, 6.45) is 0.695. The molecule has 4 heteroatoms. The highest BCUT2D eigenvalue weighted by atomic mass is 35.5. The Morgan fingerprint density at radius 2 is 2.20 bits per heavy atom. The zero-order valence-corrected chi connectivity index (χ0v) is 12.4.